The number of ether oxygens (including phenoxy) is 1. The molecule has 2 aromatic carbocycles. The lowest BCUT2D eigenvalue weighted by molar-refractivity contribution is 0.129. The molecule has 0 saturated heterocycles. The second-order valence-electron chi connectivity index (χ2n) is 7.42. The molecule has 0 heterocycles. The first-order chi connectivity index (χ1) is 12.9. The molecule has 0 aliphatic carbocycles. The third kappa shape index (κ3) is 8.06. The van der Waals surface area contributed by atoms with Crippen LogP contribution in [0.3, 0.4) is 0 Å². The van der Waals surface area contributed by atoms with Crippen molar-refractivity contribution in [3.8, 4) is 5.75 Å². The number of guanidine groups is 1. The molecule has 6 heteroatoms. The number of hydrogen-bond donors (Lipinski definition) is 3. The summed E-state index contributed by atoms with van der Waals surface area (Å²) in [5, 5.41) is 16.3. The van der Waals surface area contributed by atoms with Crippen molar-refractivity contribution in [1.82, 2.24) is 10.6 Å². The molecular formula is C22H32IN3O2. The van der Waals surface area contributed by atoms with E-state index in [-0.39, 0.29) is 42.1 Å². The van der Waals surface area contributed by atoms with Gasteiger partial charge >= 0.3 is 0 Å². The van der Waals surface area contributed by atoms with E-state index in [1.165, 1.54) is 0 Å². The summed E-state index contributed by atoms with van der Waals surface area (Å²) in [7, 11) is 1.74. The number of nitrogens with zero attached hydrogens (tertiary/aromatic N) is 1. The maximum atomic E-state index is 9.70. The van der Waals surface area contributed by atoms with Gasteiger partial charge in [0.15, 0.2) is 5.96 Å². The minimum Gasteiger partial charge on any atom is -0.488 e. The Hall–Kier alpha value is -1.80. The number of halogens is 1. The predicted molar refractivity (Wildman–Crippen MR) is 127 cm³/mol. The van der Waals surface area contributed by atoms with Gasteiger partial charge in [0.1, 0.15) is 11.4 Å². The summed E-state index contributed by atoms with van der Waals surface area (Å²) < 4.78 is 6.04. The van der Waals surface area contributed by atoms with Gasteiger partial charge < -0.3 is 20.5 Å². The van der Waals surface area contributed by atoms with Crippen molar-refractivity contribution in [1.29, 1.82) is 0 Å². The van der Waals surface area contributed by atoms with E-state index < -0.39 is 0 Å². The van der Waals surface area contributed by atoms with Gasteiger partial charge in [0, 0.05) is 31.6 Å². The van der Waals surface area contributed by atoms with Gasteiger partial charge in [-0.15, -0.1) is 24.0 Å². The standard InChI is InChI=1S/C22H31N3O2.HI/c1-22(2,3)27-20-13-9-8-12-18(20)14-24-21(23-4)25-15-19(16-26)17-10-6-5-7-11-17;/h5-13,19,26H,14-16H2,1-4H3,(H2,23,24,25);1H. The molecule has 5 nitrogen and oxygen atoms in total. The van der Waals surface area contributed by atoms with E-state index in [1.54, 1.807) is 7.05 Å². The van der Waals surface area contributed by atoms with Crippen LogP contribution in [0.1, 0.15) is 37.8 Å². The van der Waals surface area contributed by atoms with Crippen molar-refractivity contribution in [3.63, 3.8) is 0 Å². The number of aliphatic hydroxyl groups is 1. The van der Waals surface area contributed by atoms with Gasteiger partial charge in [-0.2, -0.15) is 0 Å². The van der Waals surface area contributed by atoms with Crippen molar-refractivity contribution in [2.45, 2.75) is 38.8 Å². The van der Waals surface area contributed by atoms with Gasteiger partial charge in [-0.1, -0.05) is 48.5 Å². The first-order valence-electron chi connectivity index (χ1n) is 9.30. The van der Waals surface area contributed by atoms with Crippen molar-refractivity contribution in [2.24, 2.45) is 4.99 Å². The molecule has 0 spiro atoms. The van der Waals surface area contributed by atoms with Crippen LogP contribution in [0.4, 0.5) is 0 Å². The van der Waals surface area contributed by atoms with Gasteiger partial charge in [-0.3, -0.25) is 4.99 Å². The molecule has 2 aromatic rings. The van der Waals surface area contributed by atoms with E-state index in [0.717, 1.165) is 16.9 Å². The maximum absolute atomic E-state index is 9.70. The minimum atomic E-state index is -0.250. The molecule has 0 aromatic heterocycles. The quantitative estimate of drug-likeness (QED) is 0.308. The number of aliphatic imine (C=N–C) groups is 1. The van der Waals surface area contributed by atoms with Crippen LogP contribution in [0.5, 0.6) is 5.75 Å². The molecule has 154 valence electrons. The highest BCUT2D eigenvalue weighted by Gasteiger charge is 2.15. The summed E-state index contributed by atoms with van der Waals surface area (Å²) in [5.41, 5.74) is 1.92. The first-order valence-corrected chi connectivity index (χ1v) is 9.30. The zero-order valence-corrected chi connectivity index (χ0v) is 19.4. The van der Waals surface area contributed by atoms with Gasteiger partial charge in [-0.25, -0.2) is 0 Å². The molecule has 2 rings (SSSR count). The fourth-order valence-corrected chi connectivity index (χ4v) is 2.71. The van der Waals surface area contributed by atoms with Crippen molar-refractivity contribution in [3.05, 3.63) is 65.7 Å². The van der Waals surface area contributed by atoms with E-state index >= 15 is 0 Å². The van der Waals surface area contributed by atoms with Crippen LogP contribution in [-0.4, -0.2) is 36.9 Å². The van der Waals surface area contributed by atoms with E-state index in [4.69, 9.17) is 4.74 Å². The van der Waals surface area contributed by atoms with Crippen molar-refractivity contribution >= 4 is 29.9 Å². The van der Waals surface area contributed by atoms with Crippen LogP contribution < -0.4 is 15.4 Å². The molecule has 0 fully saturated rings. The zero-order chi connectivity index (χ0) is 19.7. The van der Waals surface area contributed by atoms with Crippen LogP contribution in [0.2, 0.25) is 0 Å². The molecule has 0 saturated carbocycles. The van der Waals surface area contributed by atoms with E-state index in [2.05, 4.69) is 15.6 Å². The van der Waals surface area contributed by atoms with Crippen LogP contribution in [-0.2, 0) is 6.54 Å². The largest absolute Gasteiger partial charge is 0.488 e. The van der Waals surface area contributed by atoms with Gasteiger partial charge in [-0.05, 0) is 32.4 Å². The second-order valence-corrected chi connectivity index (χ2v) is 7.42. The number of rotatable bonds is 7. The molecule has 0 bridgehead atoms. The van der Waals surface area contributed by atoms with Crippen LogP contribution in [0.15, 0.2) is 59.6 Å². The number of para-hydroxylation sites is 1. The molecule has 3 N–H and O–H groups in total. The Bertz CT molecular complexity index is 730. The maximum Gasteiger partial charge on any atom is 0.191 e. The molecule has 0 radical (unpaired) electrons. The smallest absolute Gasteiger partial charge is 0.191 e. The Kier molecular flexibility index (Phi) is 10.3. The molecule has 0 aliphatic rings. The Morgan fingerprint density at radius 3 is 2.29 bits per heavy atom. The van der Waals surface area contributed by atoms with Gasteiger partial charge in [0.2, 0.25) is 0 Å². The topological polar surface area (TPSA) is 65.9 Å². The fraction of sp³-hybridized carbons (Fsp3) is 0.409. The summed E-state index contributed by atoms with van der Waals surface area (Å²) in [5.74, 6) is 1.57. The van der Waals surface area contributed by atoms with E-state index in [0.29, 0.717) is 19.0 Å². The lowest BCUT2D eigenvalue weighted by Gasteiger charge is -2.24. The molecule has 0 aliphatic heterocycles. The highest BCUT2D eigenvalue weighted by atomic mass is 127. The van der Waals surface area contributed by atoms with Crippen LogP contribution in [0, 0.1) is 0 Å². The van der Waals surface area contributed by atoms with Crippen LogP contribution >= 0.6 is 24.0 Å². The monoisotopic (exact) mass is 497 g/mol. The normalized spacial score (nSPS) is 12.7. The second kappa shape index (κ2) is 11.9. The summed E-state index contributed by atoms with van der Waals surface area (Å²) in [6, 6.07) is 18.0. The highest BCUT2D eigenvalue weighted by molar-refractivity contribution is 14.0. The number of hydrogen-bond acceptors (Lipinski definition) is 3. The van der Waals surface area contributed by atoms with E-state index in [1.807, 2.05) is 75.4 Å². The van der Waals surface area contributed by atoms with Crippen molar-refractivity contribution < 1.29 is 9.84 Å². The molecule has 28 heavy (non-hydrogen) atoms. The number of benzene rings is 2. The Labute approximate surface area is 185 Å². The van der Waals surface area contributed by atoms with Gasteiger partial charge in [0.25, 0.3) is 0 Å². The summed E-state index contributed by atoms with van der Waals surface area (Å²) in [6.45, 7) is 7.39. The summed E-state index contributed by atoms with van der Waals surface area (Å²) >= 11 is 0. The lowest BCUT2D eigenvalue weighted by atomic mass is 10.0. The Morgan fingerprint density at radius 2 is 1.68 bits per heavy atom. The number of aliphatic hydroxyl groups excluding tert-OH is 1. The van der Waals surface area contributed by atoms with Gasteiger partial charge in [0.05, 0.1) is 6.61 Å². The molecule has 0 amide bonds. The number of nitrogens with one attached hydrogen (secondary N) is 2. The molecule has 1 atom stereocenters. The van der Waals surface area contributed by atoms with Crippen LogP contribution in [0.25, 0.3) is 0 Å². The summed E-state index contributed by atoms with van der Waals surface area (Å²) in [4.78, 5) is 4.28. The van der Waals surface area contributed by atoms with E-state index in [9.17, 15) is 5.11 Å². The summed E-state index contributed by atoms with van der Waals surface area (Å²) in [6.07, 6.45) is 0. The van der Waals surface area contributed by atoms with Crippen molar-refractivity contribution in [2.75, 3.05) is 20.2 Å². The highest BCUT2D eigenvalue weighted by Crippen LogP contribution is 2.22. The molecular weight excluding hydrogens is 465 g/mol. The Morgan fingerprint density at radius 1 is 1.04 bits per heavy atom. The lowest BCUT2D eigenvalue weighted by Crippen LogP contribution is -2.39. The SMILES string of the molecule is CN=C(NCc1ccccc1OC(C)(C)C)NCC(CO)c1ccccc1.I. The third-order valence-corrected chi connectivity index (χ3v) is 4.07. The predicted octanol–water partition coefficient (Wildman–Crippen LogP) is 3.92. The molecule has 1 unspecified atom stereocenters. The average molecular weight is 497 g/mol. The average Bonchev–Trinajstić information content (AvgIpc) is 2.65. The fourth-order valence-electron chi connectivity index (χ4n) is 2.71. The Balaban J connectivity index is 0.00000392. The zero-order valence-electron chi connectivity index (χ0n) is 17.1. The first kappa shape index (κ1) is 24.2. The third-order valence-electron chi connectivity index (χ3n) is 4.07. The minimum absolute atomic E-state index is 0.